The van der Waals surface area contributed by atoms with E-state index in [1.54, 1.807) is 30.3 Å². The molecule has 0 aliphatic carbocycles. The first kappa shape index (κ1) is 21.7. The number of ether oxygens (including phenoxy) is 1. The lowest BCUT2D eigenvalue weighted by molar-refractivity contribution is -0.137. The number of rotatable bonds is 5. The van der Waals surface area contributed by atoms with Crippen molar-refractivity contribution in [1.82, 2.24) is 5.32 Å². The molecule has 0 aromatic heterocycles. The lowest BCUT2D eigenvalue weighted by Crippen LogP contribution is -2.33. The molecule has 2 aromatic rings. The van der Waals surface area contributed by atoms with Crippen molar-refractivity contribution in [3.63, 3.8) is 0 Å². The zero-order chi connectivity index (χ0) is 20.7. The average Bonchev–Trinajstić information content (AvgIpc) is 2.62. The summed E-state index contributed by atoms with van der Waals surface area (Å²) in [5, 5.41) is 4.69. The maximum Gasteiger partial charge on any atom is 0.416 e. The highest BCUT2D eigenvalue weighted by Gasteiger charge is 2.31. The second kappa shape index (κ2) is 9.57. The highest BCUT2D eigenvalue weighted by molar-refractivity contribution is 7.80. The van der Waals surface area contributed by atoms with Crippen molar-refractivity contribution < 1.29 is 22.7 Å². The Morgan fingerprint density at radius 2 is 1.89 bits per heavy atom. The van der Waals surface area contributed by atoms with Crippen molar-refractivity contribution >= 4 is 46.6 Å². The van der Waals surface area contributed by atoms with Crippen molar-refractivity contribution in [3.8, 4) is 5.75 Å². The molecule has 0 saturated carbocycles. The second-order valence-corrected chi connectivity index (χ2v) is 6.29. The number of nitrogens with one attached hydrogen (secondary N) is 2. The van der Waals surface area contributed by atoms with Crippen LogP contribution in [0.2, 0.25) is 5.02 Å². The number of carbonyl (C=O) groups excluding carboxylic acids is 1. The van der Waals surface area contributed by atoms with Crippen LogP contribution in [0.1, 0.15) is 18.1 Å². The standard InChI is InChI=1S/C19H16ClF3N2O2S/c1-2-27-14-7-3-12(4-8-14)5-10-17(26)25-18(28)24-16-11-13(19(21,22)23)6-9-15(16)20/h3-11H,2H2,1H3,(H2,24,25,26,28)/b10-5+. The van der Waals surface area contributed by atoms with Gasteiger partial charge in [0.15, 0.2) is 5.11 Å². The number of thiocarbonyl (C=S) groups is 1. The molecule has 148 valence electrons. The molecule has 0 radical (unpaired) electrons. The second-order valence-electron chi connectivity index (χ2n) is 5.47. The summed E-state index contributed by atoms with van der Waals surface area (Å²) in [6.07, 6.45) is -1.71. The Morgan fingerprint density at radius 1 is 1.21 bits per heavy atom. The monoisotopic (exact) mass is 428 g/mol. The first-order valence-electron chi connectivity index (χ1n) is 8.08. The lowest BCUT2D eigenvalue weighted by Gasteiger charge is -2.13. The highest BCUT2D eigenvalue weighted by Crippen LogP contribution is 2.33. The Balaban J connectivity index is 1.96. The number of halogens is 4. The third-order valence-electron chi connectivity index (χ3n) is 3.40. The molecule has 9 heteroatoms. The van der Waals surface area contributed by atoms with Crippen molar-refractivity contribution in [3.05, 3.63) is 64.7 Å². The zero-order valence-corrected chi connectivity index (χ0v) is 16.2. The molecule has 0 aliphatic heterocycles. The summed E-state index contributed by atoms with van der Waals surface area (Å²) in [5.41, 5.74) is -0.181. The number of anilines is 1. The Morgan fingerprint density at radius 3 is 2.50 bits per heavy atom. The summed E-state index contributed by atoms with van der Waals surface area (Å²) in [4.78, 5) is 11.9. The van der Waals surface area contributed by atoms with Crippen LogP contribution in [0.4, 0.5) is 18.9 Å². The van der Waals surface area contributed by atoms with E-state index in [2.05, 4.69) is 10.6 Å². The van der Waals surface area contributed by atoms with Crippen molar-refractivity contribution in [2.75, 3.05) is 11.9 Å². The van der Waals surface area contributed by atoms with Gasteiger partial charge in [0, 0.05) is 6.08 Å². The summed E-state index contributed by atoms with van der Waals surface area (Å²) in [7, 11) is 0. The fraction of sp³-hybridized carbons (Fsp3) is 0.158. The largest absolute Gasteiger partial charge is 0.494 e. The summed E-state index contributed by atoms with van der Waals surface area (Å²) < 4.78 is 43.7. The smallest absolute Gasteiger partial charge is 0.416 e. The van der Waals surface area contributed by atoms with E-state index >= 15 is 0 Å². The van der Waals surface area contributed by atoms with Crippen LogP contribution in [0.3, 0.4) is 0 Å². The molecule has 1 amide bonds. The molecule has 0 fully saturated rings. The maximum absolute atomic E-state index is 12.8. The van der Waals surface area contributed by atoms with Crippen LogP contribution in [0.15, 0.2) is 48.5 Å². The van der Waals surface area contributed by atoms with E-state index in [9.17, 15) is 18.0 Å². The molecule has 28 heavy (non-hydrogen) atoms. The van der Waals surface area contributed by atoms with Gasteiger partial charge in [-0.05, 0) is 61.1 Å². The fourth-order valence-electron chi connectivity index (χ4n) is 2.12. The summed E-state index contributed by atoms with van der Waals surface area (Å²) in [6.45, 7) is 2.43. The van der Waals surface area contributed by atoms with Gasteiger partial charge in [0.25, 0.3) is 0 Å². The molecular weight excluding hydrogens is 413 g/mol. The number of alkyl halides is 3. The number of hydrogen-bond acceptors (Lipinski definition) is 3. The molecule has 0 spiro atoms. The van der Waals surface area contributed by atoms with Gasteiger partial charge >= 0.3 is 6.18 Å². The Kier molecular flexibility index (Phi) is 7.42. The Labute approximate surface area is 170 Å². The molecule has 0 aliphatic rings. The van der Waals surface area contributed by atoms with E-state index in [1.165, 1.54) is 6.08 Å². The Bertz CT molecular complexity index is 884. The molecule has 2 rings (SSSR count). The van der Waals surface area contributed by atoms with Crippen LogP contribution in [0.25, 0.3) is 6.08 Å². The molecule has 2 aromatic carbocycles. The van der Waals surface area contributed by atoms with Gasteiger partial charge in [-0.25, -0.2) is 0 Å². The number of amides is 1. The Hall–Kier alpha value is -2.58. The SMILES string of the molecule is CCOc1ccc(/C=C/C(=O)NC(=S)Nc2cc(C(F)(F)F)ccc2Cl)cc1. The van der Waals surface area contributed by atoms with E-state index in [4.69, 9.17) is 28.6 Å². The molecule has 0 atom stereocenters. The quantitative estimate of drug-likeness (QED) is 0.502. The van der Waals surface area contributed by atoms with Crippen molar-refractivity contribution in [2.24, 2.45) is 0 Å². The summed E-state index contributed by atoms with van der Waals surface area (Å²) >= 11 is 10.8. The fourth-order valence-corrected chi connectivity index (χ4v) is 2.49. The molecule has 0 heterocycles. The topological polar surface area (TPSA) is 50.4 Å². The van der Waals surface area contributed by atoms with E-state index in [0.29, 0.717) is 12.4 Å². The molecule has 0 unspecified atom stereocenters. The van der Waals surface area contributed by atoms with E-state index < -0.39 is 17.6 Å². The van der Waals surface area contributed by atoms with E-state index in [1.807, 2.05) is 6.92 Å². The van der Waals surface area contributed by atoms with E-state index in [0.717, 1.165) is 23.8 Å². The normalized spacial score (nSPS) is 11.3. The van der Waals surface area contributed by atoms with Crippen LogP contribution in [-0.4, -0.2) is 17.6 Å². The average molecular weight is 429 g/mol. The van der Waals surface area contributed by atoms with Crippen molar-refractivity contribution in [2.45, 2.75) is 13.1 Å². The third kappa shape index (κ3) is 6.54. The minimum atomic E-state index is -4.52. The molecular formula is C19H16ClF3N2O2S. The van der Waals surface area contributed by atoms with Gasteiger partial charge < -0.3 is 10.1 Å². The van der Waals surface area contributed by atoms with Gasteiger partial charge in [-0.2, -0.15) is 13.2 Å². The summed E-state index contributed by atoms with van der Waals surface area (Å²) in [5.74, 6) is 0.168. The molecule has 4 nitrogen and oxygen atoms in total. The number of carbonyl (C=O) groups is 1. The number of benzene rings is 2. The zero-order valence-electron chi connectivity index (χ0n) is 14.6. The first-order chi connectivity index (χ1) is 13.2. The first-order valence-corrected chi connectivity index (χ1v) is 8.87. The van der Waals surface area contributed by atoms with Gasteiger partial charge in [0.05, 0.1) is 22.9 Å². The molecule has 0 saturated heterocycles. The highest BCUT2D eigenvalue weighted by atomic mass is 35.5. The van der Waals surface area contributed by atoms with Gasteiger partial charge in [0.1, 0.15) is 5.75 Å². The third-order valence-corrected chi connectivity index (χ3v) is 3.93. The van der Waals surface area contributed by atoms with Crippen LogP contribution in [0, 0.1) is 0 Å². The minimum absolute atomic E-state index is 0.0366. The van der Waals surface area contributed by atoms with Crippen LogP contribution >= 0.6 is 23.8 Å². The lowest BCUT2D eigenvalue weighted by atomic mass is 10.2. The van der Waals surface area contributed by atoms with Crippen LogP contribution in [-0.2, 0) is 11.0 Å². The van der Waals surface area contributed by atoms with E-state index in [-0.39, 0.29) is 15.8 Å². The van der Waals surface area contributed by atoms with Crippen LogP contribution < -0.4 is 15.4 Å². The number of hydrogen-bond donors (Lipinski definition) is 2. The molecule has 0 bridgehead atoms. The maximum atomic E-state index is 12.8. The molecule has 2 N–H and O–H groups in total. The van der Waals surface area contributed by atoms with Crippen LogP contribution in [0.5, 0.6) is 5.75 Å². The predicted molar refractivity (Wildman–Crippen MR) is 107 cm³/mol. The van der Waals surface area contributed by atoms with Gasteiger partial charge in [0.2, 0.25) is 5.91 Å². The predicted octanol–water partition coefficient (Wildman–Crippen LogP) is 5.28. The van der Waals surface area contributed by atoms with Crippen molar-refractivity contribution in [1.29, 1.82) is 0 Å². The summed E-state index contributed by atoms with van der Waals surface area (Å²) in [6, 6.07) is 9.85. The van der Waals surface area contributed by atoms with Gasteiger partial charge in [-0.3, -0.25) is 10.1 Å². The van der Waals surface area contributed by atoms with Gasteiger partial charge in [-0.1, -0.05) is 23.7 Å². The minimum Gasteiger partial charge on any atom is -0.494 e. The van der Waals surface area contributed by atoms with Gasteiger partial charge in [-0.15, -0.1) is 0 Å².